The van der Waals surface area contributed by atoms with Gasteiger partial charge in [0.25, 0.3) is 0 Å². The summed E-state index contributed by atoms with van der Waals surface area (Å²) in [5, 5.41) is 0. The van der Waals surface area contributed by atoms with Gasteiger partial charge in [0.05, 0.1) is 0 Å². The normalized spacial score (nSPS) is 38.6. The van der Waals surface area contributed by atoms with E-state index in [0.29, 0.717) is 5.41 Å². The molecule has 76 valence electrons. The molecule has 1 rings (SSSR count). The molecule has 0 heteroatoms. The molecule has 0 aromatic heterocycles. The molecule has 1 fully saturated rings. The molecule has 3 atom stereocenters. The van der Waals surface area contributed by atoms with Gasteiger partial charge in [-0.25, -0.2) is 0 Å². The monoisotopic (exact) mass is 180 g/mol. The first kappa shape index (κ1) is 10.8. The van der Waals surface area contributed by atoms with Gasteiger partial charge in [0, 0.05) is 0 Å². The van der Waals surface area contributed by atoms with Crippen LogP contribution in [0, 0.1) is 23.2 Å². The minimum absolute atomic E-state index is 0.555. The van der Waals surface area contributed by atoms with Crippen LogP contribution in [0.25, 0.3) is 0 Å². The minimum atomic E-state index is 0.555. The first-order valence-corrected chi connectivity index (χ1v) is 5.57. The highest BCUT2D eigenvalue weighted by molar-refractivity contribution is 4.89. The maximum Gasteiger partial charge on any atom is -0.0322 e. The maximum absolute atomic E-state index is 3.86. The average molecular weight is 180 g/mol. The lowest BCUT2D eigenvalue weighted by Gasteiger charge is -2.43. The van der Waals surface area contributed by atoms with Crippen molar-refractivity contribution in [1.82, 2.24) is 0 Å². The molecule has 1 saturated carbocycles. The van der Waals surface area contributed by atoms with Gasteiger partial charge in [0.2, 0.25) is 0 Å². The van der Waals surface area contributed by atoms with Crippen molar-refractivity contribution in [2.45, 2.75) is 47.0 Å². The Morgan fingerprint density at radius 1 is 1.31 bits per heavy atom. The van der Waals surface area contributed by atoms with Crippen LogP contribution in [-0.4, -0.2) is 0 Å². The van der Waals surface area contributed by atoms with Crippen molar-refractivity contribution >= 4 is 0 Å². The average Bonchev–Trinajstić information content (AvgIpc) is 1.99. The highest BCUT2D eigenvalue weighted by Crippen LogP contribution is 2.46. The van der Waals surface area contributed by atoms with Gasteiger partial charge in [-0.3, -0.25) is 0 Å². The zero-order valence-electron chi connectivity index (χ0n) is 9.64. The van der Waals surface area contributed by atoms with Crippen molar-refractivity contribution in [3.63, 3.8) is 0 Å². The highest BCUT2D eigenvalue weighted by Gasteiger charge is 2.36. The van der Waals surface area contributed by atoms with E-state index >= 15 is 0 Å². The van der Waals surface area contributed by atoms with E-state index < -0.39 is 0 Å². The second-order valence-corrected chi connectivity index (χ2v) is 5.69. The summed E-state index contributed by atoms with van der Waals surface area (Å²) in [6, 6.07) is 0. The molecule has 13 heavy (non-hydrogen) atoms. The van der Waals surface area contributed by atoms with Crippen LogP contribution >= 0.6 is 0 Å². The molecule has 0 heterocycles. The summed E-state index contributed by atoms with van der Waals surface area (Å²) in [4.78, 5) is 0. The van der Waals surface area contributed by atoms with Crippen molar-refractivity contribution < 1.29 is 0 Å². The van der Waals surface area contributed by atoms with Gasteiger partial charge in [-0.05, 0) is 42.4 Å². The first-order chi connectivity index (χ1) is 5.96. The summed E-state index contributed by atoms with van der Waals surface area (Å²) in [6.07, 6.45) is 6.07. The van der Waals surface area contributed by atoms with Crippen molar-refractivity contribution in [3.05, 3.63) is 12.7 Å². The van der Waals surface area contributed by atoms with Gasteiger partial charge < -0.3 is 0 Å². The molecular formula is C13H24. The van der Waals surface area contributed by atoms with Crippen LogP contribution in [0.3, 0.4) is 0 Å². The Morgan fingerprint density at radius 2 is 1.92 bits per heavy atom. The fourth-order valence-corrected chi connectivity index (χ4v) is 3.01. The fourth-order valence-electron chi connectivity index (χ4n) is 3.01. The van der Waals surface area contributed by atoms with Crippen LogP contribution in [0.5, 0.6) is 0 Å². The van der Waals surface area contributed by atoms with E-state index in [1.165, 1.54) is 19.3 Å². The van der Waals surface area contributed by atoms with Crippen molar-refractivity contribution in [1.29, 1.82) is 0 Å². The number of hydrogen-bond donors (Lipinski definition) is 0. The molecule has 0 saturated heterocycles. The molecule has 0 aromatic carbocycles. The van der Waals surface area contributed by atoms with Crippen LogP contribution in [0.15, 0.2) is 12.7 Å². The maximum atomic E-state index is 3.86. The summed E-state index contributed by atoms with van der Waals surface area (Å²) >= 11 is 0. The van der Waals surface area contributed by atoms with Gasteiger partial charge in [-0.2, -0.15) is 0 Å². The molecule has 0 unspecified atom stereocenters. The molecule has 1 aliphatic rings. The molecule has 0 aliphatic heterocycles. The third kappa shape index (κ3) is 2.59. The van der Waals surface area contributed by atoms with Gasteiger partial charge in [0.15, 0.2) is 0 Å². The molecule has 0 N–H and O–H groups in total. The lowest BCUT2D eigenvalue weighted by Crippen LogP contribution is -2.33. The van der Waals surface area contributed by atoms with E-state index in [1.54, 1.807) is 0 Å². The lowest BCUT2D eigenvalue weighted by molar-refractivity contribution is 0.0763. The van der Waals surface area contributed by atoms with E-state index in [1.807, 2.05) is 0 Å². The molecular weight excluding hydrogens is 156 g/mol. The van der Waals surface area contributed by atoms with E-state index in [-0.39, 0.29) is 0 Å². The van der Waals surface area contributed by atoms with Crippen molar-refractivity contribution in [2.75, 3.05) is 0 Å². The Balaban J connectivity index is 2.66. The summed E-state index contributed by atoms with van der Waals surface area (Å²) < 4.78 is 0. The van der Waals surface area contributed by atoms with Crippen LogP contribution in [0.2, 0.25) is 0 Å². The Hall–Kier alpha value is -0.260. The minimum Gasteiger partial charge on any atom is -0.103 e. The van der Waals surface area contributed by atoms with Crippen LogP contribution < -0.4 is 0 Å². The summed E-state index contributed by atoms with van der Waals surface area (Å²) in [5.41, 5.74) is 0.555. The zero-order valence-corrected chi connectivity index (χ0v) is 9.64. The quantitative estimate of drug-likeness (QED) is 0.557. The topological polar surface area (TPSA) is 0 Å². The zero-order chi connectivity index (χ0) is 10.1. The SMILES string of the molecule is C=CC[C@H]1CC(C)(C)C[C@@H](C)[C@@H]1C. The van der Waals surface area contributed by atoms with E-state index in [9.17, 15) is 0 Å². The van der Waals surface area contributed by atoms with E-state index in [0.717, 1.165) is 17.8 Å². The third-order valence-electron chi connectivity index (χ3n) is 3.80. The van der Waals surface area contributed by atoms with Crippen LogP contribution in [-0.2, 0) is 0 Å². The first-order valence-electron chi connectivity index (χ1n) is 5.57. The van der Waals surface area contributed by atoms with Gasteiger partial charge in [0.1, 0.15) is 0 Å². The molecule has 0 spiro atoms. The standard InChI is InChI=1S/C13H24/c1-6-7-12-9-13(4,5)8-10(2)11(12)3/h6,10-12H,1,7-9H2,2-5H3/t10-,11+,12+/m1/s1. The van der Waals surface area contributed by atoms with Crippen molar-refractivity contribution in [3.8, 4) is 0 Å². The molecule has 0 aromatic rings. The summed E-state index contributed by atoms with van der Waals surface area (Å²) in [7, 11) is 0. The Labute approximate surface area is 83.4 Å². The molecule has 1 aliphatic carbocycles. The molecule has 0 bridgehead atoms. The van der Waals surface area contributed by atoms with Crippen molar-refractivity contribution in [2.24, 2.45) is 23.2 Å². The predicted molar refractivity (Wildman–Crippen MR) is 59.6 cm³/mol. The van der Waals surface area contributed by atoms with Gasteiger partial charge in [-0.15, -0.1) is 6.58 Å². The molecule has 0 radical (unpaired) electrons. The number of hydrogen-bond acceptors (Lipinski definition) is 0. The summed E-state index contributed by atoms with van der Waals surface area (Å²) in [5.74, 6) is 2.64. The second kappa shape index (κ2) is 3.86. The largest absolute Gasteiger partial charge is 0.103 e. The molecule has 0 nitrogen and oxygen atoms in total. The van der Waals surface area contributed by atoms with Crippen LogP contribution in [0.4, 0.5) is 0 Å². The smallest absolute Gasteiger partial charge is 0.0322 e. The Morgan fingerprint density at radius 3 is 2.46 bits per heavy atom. The second-order valence-electron chi connectivity index (χ2n) is 5.69. The number of rotatable bonds is 2. The Bertz CT molecular complexity index is 178. The highest BCUT2D eigenvalue weighted by atomic mass is 14.4. The van der Waals surface area contributed by atoms with Crippen LogP contribution in [0.1, 0.15) is 47.0 Å². The predicted octanol–water partition coefficient (Wildman–Crippen LogP) is 4.27. The molecule has 0 amide bonds. The lowest BCUT2D eigenvalue weighted by atomic mass is 9.62. The van der Waals surface area contributed by atoms with E-state index in [4.69, 9.17) is 0 Å². The number of allylic oxidation sites excluding steroid dienone is 1. The van der Waals surface area contributed by atoms with E-state index in [2.05, 4.69) is 40.3 Å². The third-order valence-corrected chi connectivity index (χ3v) is 3.80. The fraction of sp³-hybridized carbons (Fsp3) is 0.846. The van der Waals surface area contributed by atoms with Gasteiger partial charge >= 0.3 is 0 Å². The van der Waals surface area contributed by atoms with Gasteiger partial charge in [-0.1, -0.05) is 33.8 Å². The summed E-state index contributed by atoms with van der Waals surface area (Å²) in [6.45, 7) is 13.5. The Kier molecular flexibility index (Phi) is 3.21.